The number of ether oxygens (including phenoxy) is 1. The van der Waals surface area contributed by atoms with E-state index in [4.69, 9.17) is 9.73 Å². The zero-order valence-electron chi connectivity index (χ0n) is 16.6. The van der Waals surface area contributed by atoms with Crippen LogP contribution in [0.4, 0.5) is 0 Å². The quantitative estimate of drug-likeness (QED) is 0.545. The highest BCUT2D eigenvalue weighted by atomic mass is 16.6. The number of fused-ring (bicyclic) bond motifs is 1. The first-order valence-corrected chi connectivity index (χ1v) is 9.76. The number of nitrogens with zero attached hydrogens (tertiary/aromatic N) is 1. The molecular weight excluding hydrogens is 346 g/mol. The number of carbonyl (C=O) groups is 1. The smallest absolute Gasteiger partial charge is 0.320 e. The lowest BCUT2D eigenvalue weighted by Crippen LogP contribution is -2.53. The molecule has 0 amide bonds. The molecule has 1 aliphatic carbocycles. The van der Waals surface area contributed by atoms with E-state index in [9.17, 15) is 4.79 Å². The zero-order chi connectivity index (χ0) is 19.8. The fraction of sp³-hybridized carbons (Fsp3) is 0.280. The Balaban J connectivity index is 1.93. The summed E-state index contributed by atoms with van der Waals surface area (Å²) in [6, 6.07) is 19.9. The van der Waals surface area contributed by atoms with Gasteiger partial charge in [0, 0.05) is 6.21 Å². The molecule has 1 aliphatic heterocycles. The van der Waals surface area contributed by atoms with Crippen LogP contribution in [-0.2, 0) is 14.9 Å². The van der Waals surface area contributed by atoms with Crippen LogP contribution in [0.25, 0.3) is 0 Å². The van der Waals surface area contributed by atoms with Gasteiger partial charge >= 0.3 is 5.97 Å². The SMILES string of the molecule is CC[C@@]1(c2ccccc2)C(=O)O[C@@]2(/N=C/c3ccccc3)C(C)=CC=C[C@]21C. The number of rotatable bonds is 4. The third kappa shape index (κ3) is 2.29. The Kier molecular flexibility index (Phi) is 4.34. The molecule has 1 heterocycles. The molecule has 4 rings (SSSR count). The van der Waals surface area contributed by atoms with Crippen LogP contribution in [0.2, 0.25) is 0 Å². The van der Waals surface area contributed by atoms with E-state index in [1.807, 2.05) is 86.0 Å². The second kappa shape index (κ2) is 6.59. The minimum Gasteiger partial charge on any atom is -0.431 e. The summed E-state index contributed by atoms with van der Waals surface area (Å²) in [5, 5.41) is 0. The summed E-state index contributed by atoms with van der Waals surface area (Å²) < 4.78 is 6.19. The Morgan fingerprint density at radius 1 is 1.04 bits per heavy atom. The van der Waals surface area contributed by atoms with Gasteiger partial charge in [-0.15, -0.1) is 0 Å². The first kappa shape index (κ1) is 18.4. The summed E-state index contributed by atoms with van der Waals surface area (Å²) in [7, 11) is 0. The Hall–Kier alpha value is -2.94. The van der Waals surface area contributed by atoms with Crippen molar-refractivity contribution >= 4 is 12.2 Å². The highest BCUT2D eigenvalue weighted by molar-refractivity contribution is 5.90. The number of benzene rings is 2. The Labute approximate surface area is 166 Å². The van der Waals surface area contributed by atoms with Gasteiger partial charge in [-0.05, 0) is 37.0 Å². The Morgan fingerprint density at radius 3 is 2.32 bits per heavy atom. The minimum atomic E-state index is -1.06. The summed E-state index contributed by atoms with van der Waals surface area (Å²) >= 11 is 0. The van der Waals surface area contributed by atoms with E-state index in [0.717, 1.165) is 16.7 Å². The molecule has 1 fully saturated rings. The molecule has 0 aromatic heterocycles. The molecule has 3 atom stereocenters. The third-order valence-electron chi connectivity index (χ3n) is 6.48. The molecule has 0 bridgehead atoms. The van der Waals surface area contributed by atoms with Gasteiger partial charge in [0.1, 0.15) is 5.41 Å². The highest BCUT2D eigenvalue weighted by Crippen LogP contribution is 2.63. The first-order chi connectivity index (χ1) is 13.5. The van der Waals surface area contributed by atoms with E-state index in [1.54, 1.807) is 0 Å². The van der Waals surface area contributed by atoms with Crippen LogP contribution in [0, 0.1) is 5.41 Å². The van der Waals surface area contributed by atoms with Crippen LogP contribution >= 0.6 is 0 Å². The van der Waals surface area contributed by atoms with Gasteiger partial charge in [-0.1, -0.05) is 85.8 Å². The van der Waals surface area contributed by atoms with Gasteiger partial charge in [0.2, 0.25) is 5.72 Å². The fourth-order valence-electron chi connectivity index (χ4n) is 4.89. The maximum Gasteiger partial charge on any atom is 0.320 e. The first-order valence-electron chi connectivity index (χ1n) is 9.76. The molecular formula is C25H25NO2. The molecule has 0 spiro atoms. The van der Waals surface area contributed by atoms with Gasteiger partial charge < -0.3 is 4.74 Å². The van der Waals surface area contributed by atoms with Crippen molar-refractivity contribution in [3.8, 4) is 0 Å². The second-order valence-corrected chi connectivity index (χ2v) is 7.74. The van der Waals surface area contributed by atoms with Crippen molar-refractivity contribution in [2.75, 3.05) is 0 Å². The van der Waals surface area contributed by atoms with Crippen molar-refractivity contribution in [3.05, 3.63) is 95.6 Å². The number of hydrogen-bond acceptors (Lipinski definition) is 3. The van der Waals surface area contributed by atoms with E-state index >= 15 is 0 Å². The largest absolute Gasteiger partial charge is 0.431 e. The fourth-order valence-corrected chi connectivity index (χ4v) is 4.89. The van der Waals surface area contributed by atoms with Gasteiger partial charge in [-0.3, -0.25) is 4.79 Å². The predicted molar refractivity (Wildman–Crippen MR) is 112 cm³/mol. The van der Waals surface area contributed by atoms with Gasteiger partial charge in [0.05, 0.1) is 5.41 Å². The summed E-state index contributed by atoms with van der Waals surface area (Å²) in [4.78, 5) is 18.4. The average molecular weight is 371 g/mol. The van der Waals surface area contributed by atoms with Crippen molar-refractivity contribution < 1.29 is 9.53 Å². The van der Waals surface area contributed by atoms with E-state index in [2.05, 4.69) is 19.9 Å². The van der Waals surface area contributed by atoms with Gasteiger partial charge in [0.15, 0.2) is 0 Å². The summed E-state index contributed by atoms with van der Waals surface area (Å²) in [6.07, 6.45) is 8.57. The lowest BCUT2D eigenvalue weighted by Gasteiger charge is -2.46. The highest BCUT2D eigenvalue weighted by Gasteiger charge is 2.72. The van der Waals surface area contributed by atoms with Gasteiger partial charge in [0.25, 0.3) is 0 Å². The molecule has 0 N–H and O–H groups in total. The van der Waals surface area contributed by atoms with E-state index in [1.165, 1.54) is 0 Å². The van der Waals surface area contributed by atoms with Crippen molar-refractivity contribution in [1.82, 2.24) is 0 Å². The van der Waals surface area contributed by atoms with Crippen LogP contribution in [0.3, 0.4) is 0 Å². The lowest BCUT2D eigenvalue weighted by atomic mass is 9.54. The predicted octanol–water partition coefficient (Wildman–Crippen LogP) is 5.23. The molecule has 1 saturated heterocycles. The molecule has 142 valence electrons. The number of esters is 1. The molecule has 3 nitrogen and oxygen atoms in total. The number of aliphatic imine (C=N–C) groups is 1. The molecule has 0 saturated carbocycles. The van der Waals surface area contributed by atoms with E-state index in [-0.39, 0.29) is 5.97 Å². The molecule has 0 unspecified atom stereocenters. The van der Waals surface area contributed by atoms with Gasteiger partial charge in [-0.25, -0.2) is 4.99 Å². The van der Waals surface area contributed by atoms with Crippen molar-refractivity contribution in [1.29, 1.82) is 0 Å². The van der Waals surface area contributed by atoms with E-state index < -0.39 is 16.6 Å². The van der Waals surface area contributed by atoms with Crippen LogP contribution in [0.5, 0.6) is 0 Å². The number of allylic oxidation sites excluding steroid dienone is 2. The number of carbonyl (C=O) groups excluding carboxylic acids is 1. The minimum absolute atomic E-state index is 0.215. The molecule has 2 aliphatic rings. The standard InChI is InChI=1S/C25H25NO2/c1-4-24(21-15-9-6-10-16-21)22(27)28-25(19(2)12-11-17-23(24,25)3)26-18-20-13-7-5-8-14-20/h5-18H,4H2,1-3H3/b26-18+/t23-,24+,25-/m0/s1. The monoisotopic (exact) mass is 371 g/mol. The summed E-state index contributed by atoms with van der Waals surface area (Å²) in [5.41, 5.74) is 0.392. The van der Waals surface area contributed by atoms with Crippen LogP contribution in [-0.4, -0.2) is 17.9 Å². The third-order valence-corrected chi connectivity index (χ3v) is 6.48. The van der Waals surface area contributed by atoms with Crippen molar-refractivity contribution in [3.63, 3.8) is 0 Å². The second-order valence-electron chi connectivity index (χ2n) is 7.74. The topological polar surface area (TPSA) is 38.7 Å². The molecule has 2 aromatic carbocycles. The maximum absolute atomic E-state index is 13.5. The molecule has 2 aromatic rings. The van der Waals surface area contributed by atoms with Crippen LogP contribution in [0.15, 0.2) is 89.5 Å². The average Bonchev–Trinajstić information content (AvgIpc) is 2.93. The Bertz CT molecular complexity index is 976. The molecule has 0 radical (unpaired) electrons. The van der Waals surface area contributed by atoms with Crippen molar-refractivity contribution in [2.45, 2.75) is 38.3 Å². The van der Waals surface area contributed by atoms with Crippen LogP contribution < -0.4 is 0 Å². The number of hydrogen-bond donors (Lipinski definition) is 0. The van der Waals surface area contributed by atoms with Gasteiger partial charge in [-0.2, -0.15) is 0 Å². The lowest BCUT2D eigenvalue weighted by molar-refractivity contribution is -0.149. The summed E-state index contributed by atoms with van der Waals surface area (Å²) in [6.45, 7) is 6.15. The van der Waals surface area contributed by atoms with Crippen molar-refractivity contribution in [2.24, 2.45) is 10.4 Å². The normalized spacial score (nSPS) is 31.5. The molecule has 28 heavy (non-hydrogen) atoms. The van der Waals surface area contributed by atoms with E-state index in [0.29, 0.717) is 6.42 Å². The molecule has 3 heteroatoms. The Morgan fingerprint density at radius 2 is 1.68 bits per heavy atom. The maximum atomic E-state index is 13.5. The van der Waals surface area contributed by atoms with Crippen LogP contribution in [0.1, 0.15) is 38.3 Å². The zero-order valence-corrected chi connectivity index (χ0v) is 16.6. The summed E-state index contributed by atoms with van der Waals surface area (Å²) in [5.74, 6) is -0.215.